The molecule has 20 heavy (non-hydrogen) atoms. The molecule has 1 aromatic carbocycles. The van der Waals surface area contributed by atoms with E-state index in [-0.39, 0.29) is 0 Å². The maximum absolute atomic E-state index is 6.02. The van der Waals surface area contributed by atoms with Gasteiger partial charge in [0, 0.05) is 25.0 Å². The van der Waals surface area contributed by atoms with Crippen molar-refractivity contribution in [2.24, 2.45) is 0 Å². The molecular formula is C16H18Cl2N2. The Morgan fingerprint density at radius 1 is 1.15 bits per heavy atom. The van der Waals surface area contributed by atoms with Gasteiger partial charge >= 0.3 is 0 Å². The fourth-order valence-corrected chi connectivity index (χ4v) is 2.30. The maximum Gasteiger partial charge on any atom is 0.0595 e. The molecule has 1 N–H and O–H groups in total. The number of aryl methyl sites for hydroxylation is 1. The first-order valence-corrected chi connectivity index (χ1v) is 7.47. The quantitative estimate of drug-likeness (QED) is 0.850. The molecule has 1 heterocycles. The van der Waals surface area contributed by atoms with Crippen molar-refractivity contribution in [1.29, 1.82) is 0 Å². The van der Waals surface area contributed by atoms with E-state index in [0.29, 0.717) is 16.1 Å². The van der Waals surface area contributed by atoms with Crippen molar-refractivity contribution >= 4 is 23.2 Å². The molecule has 106 valence electrons. The number of rotatable bonds is 6. The first-order valence-electron chi connectivity index (χ1n) is 6.71. The van der Waals surface area contributed by atoms with Gasteiger partial charge in [-0.15, -0.1) is 0 Å². The number of hydrogen-bond acceptors (Lipinski definition) is 2. The van der Waals surface area contributed by atoms with Crippen molar-refractivity contribution in [2.75, 3.05) is 0 Å². The number of aromatic nitrogens is 1. The molecular weight excluding hydrogens is 291 g/mol. The van der Waals surface area contributed by atoms with Crippen molar-refractivity contribution in [3.63, 3.8) is 0 Å². The number of nitrogens with zero attached hydrogens (tertiary/aromatic N) is 1. The first-order chi connectivity index (χ1) is 9.65. The van der Waals surface area contributed by atoms with Crippen molar-refractivity contribution in [3.05, 3.63) is 63.9 Å². The highest BCUT2D eigenvalue weighted by molar-refractivity contribution is 6.42. The Balaban J connectivity index is 1.77. The molecule has 0 aliphatic carbocycles. The Bertz CT molecular complexity index is 543. The molecule has 1 aromatic heterocycles. The average Bonchev–Trinajstić information content (AvgIpc) is 2.47. The van der Waals surface area contributed by atoms with Gasteiger partial charge < -0.3 is 5.32 Å². The van der Waals surface area contributed by atoms with E-state index in [9.17, 15) is 0 Å². The summed E-state index contributed by atoms with van der Waals surface area (Å²) >= 11 is 11.9. The second-order valence-electron chi connectivity index (χ2n) is 4.93. The predicted octanol–water partition coefficient (Wildman–Crippen LogP) is 4.50. The summed E-state index contributed by atoms with van der Waals surface area (Å²) in [5.41, 5.74) is 2.42. The normalized spacial score (nSPS) is 12.3. The summed E-state index contributed by atoms with van der Waals surface area (Å²) in [6, 6.07) is 10.3. The van der Waals surface area contributed by atoms with E-state index in [0.717, 1.165) is 19.4 Å². The van der Waals surface area contributed by atoms with Gasteiger partial charge in [-0.05, 0) is 49.1 Å². The fraction of sp³-hybridized carbons (Fsp3) is 0.312. The summed E-state index contributed by atoms with van der Waals surface area (Å²) < 4.78 is 0. The summed E-state index contributed by atoms with van der Waals surface area (Å²) in [4.78, 5) is 4.11. The average molecular weight is 309 g/mol. The molecule has 1 atom stereocenters. The number of nitrogens with one attached hydrogen (secondary N) is 1. The number of benzene rings is 1. The Morgan fingerprint density at radius 2 is 2.00 bits per heavy atom. The topological polar surface area (TPSA) is 24.9 Å². The highest BCUT2D eigenvalue weighted by Crippen LogP contribution is 2.23. The summed E-state index contributed by atoms with van der Waals surface area (Å²) in [7, 11) is 0. The van der Waals surface area contributed by atoms with Crippen LogP contribution in [-0.2, 0) is 13.0 Å². The Hall–Kier alpha value is -1.09. The summed E-state index contributed by atoms with van der Waals surface area (Å²) in [5.74, 6) is 0. The molecule has 4 heteroatoms. The molecule has 0 aliphatic heterocycles. The van der Waals surface area contributed by atoms with Crippen LogP contribution in [0.5, 0.6) is 0 Å². The van der Waals surface area contributed by atoms with Gasteiger partial charge in [0.15, 0.2) is 0 Å². The van der Waals surface area contributed by atoms with E-state index in [1.165, 1.54) is 11.1 Å². The van der Waals surface area contributed by atoms with Crippen LogP contribution in [0.3, 0.4) is 0 Å². The van der Waals surface area contributed by atoms with Crippen LogP contribution in [0.15, 0.2) is 42.7 Å². The molecule has 0 radical (unpaired) electrons. The van der Waals surface area contributed by atoms with Gasteiger partial charge in [-0.25, -0.2) is 0 Å². The lowest BCUT2D eigenvalue weighted by Gasteiger charge is -2.14. The molecule has 2 rings (SSSR count). The van der Waals surface area contributed by atoms with Gasteiger partial charge in [0.05, 0.1) is 10.0 Å². The maximum atomic E-state index is 6.02. The van der Waals surface area contributed by atoms with Crippen molar-refractivity contribution in [1.82, 2.24) is 10.3 Å². The van der Waals surface area contributed by atoms with Crippen molar-refractivity contribution in [2.45, 2.75) is 32.4 Å². The van der Waals surface area contributed by atoms with Crippen LogP contribution in [0.1, 0.15) is 24.5 Å². The van der Waals surface area contributed by atoms with Crippen LogP contribution in [-0.4, -0.2) is 11.0 Å². The van der Waals surface area contributed by atoms with Gasteiger partial charge in [0.1, 0.15) is 0 Å². The zero-order valence-electron chi connectivity index (χ0n) is 11.4. The first kappa shape index (κ1) is 15.3. The Kier molecular flexibility index (Phi) is 5.84. The van der Waals surface area contributed by atoms with E-state index in [1.54, 1.807) is 6.20 Å². The molecule has 0 amide bonds. The van der Waals surface area contributed by atoms with E-state index >= 15 is 0 Å². The van der Waals surface area contributed by atoms with Crippen molar-refractivity contribution < 1.29 is 0 Å². The molecule has 0 saturated carbocycles. The highest BCUT2D eigenvalue weighted by atomic mass is 35.5. The molecule has 2 nitrogen and oxygen atoms in total. The smallest absolute Gasteiger partial charge is 0.0595 e. The number of pyridine rings is 1. The van der Waals surface area contributed by atoms with Crippen LogP contribution in [0, 0.1) is 0 Å². The van der Waals surface area contributed by atoms with Crippen LogP contribution in [0.2, 0.25) is 10.0 Å². The predicted molar refractivity (Wildman–Crippen MR) is 85.3 cm³/mol. The zero-order chi connectivity index (χ0) is 14.4. The van der Waals surface area contributed by atoms with Gasteiger partial charge in [0.2, 0.25) is 0 Å². The Labute approximate surface area is 130 Å². The molecule has 0 spiro atoms. The Morgan fingerprint density at radius 3 is 2.70 bits per heavy atom. The van der Waals surface area contributed by atoms with E-state index < -0.39 is 0 Å². The standard InChI is InChI=1S/C16H18Cl2N2/c1-12(20-11-14-3-2-8-19-10-14)4-5-13-6-7-15(17)16(18)9-13/h2-3,6-10,12,20H,4-5,11H2,1H3. The van der Waals surface area contributed by atoms with Gasteiger partial charge in [0.25, 0.3) is 0 Å². The summed E-state index contributed by atoms with van der Waals surface area (Å²) in [5, 5.41) is 4.73. The summed E-state index contributed by atoms with van der Waals surface area (Å²) in [6.07, 6.45) is 5.71. The lowest BCUT2D eigenvalue weighted by molar-refractivity contribution is 0.513. The monoisotopic (exact) mass is 308 g/mol. The largest absolute Gasteiger partial charge is 0.310 e. The van der Waals surface area contributed by atoms with Crippen LogP contribution < -0.4 is 5.32 Å². The number of halogens is 2. The highest BCUT2D eigenvalue weighted by Gasteiger charge is 2.04. The third-order valence-corrected chi connectivity index (χ3v) is 3.97. The SMILES string of the molecule is CC(CCc1ccc(Cl)c(Cl)c1)NCc1cccnc1. The third-order valence-electron chi connectivity index (χ3n) is 3.23. The minimum atomic E-state index is 0.435. The van der Waals surface area contributed by atoms with Crippen LogP contribution in [0.25, 0.3) is 0 Å². The lowest BCUT2D eigenvalue weighted by atomic mass is 10.1. The van der Waals surface area contributed by atoms with E-state index in [1.807, 2.05) is 30.5 Å². The van der Waals surface area contributed by atoms with Crippen LogP contribution in [0.4, 0.5) is 0 Å². The zero-order valence-corrected chi connectivity index (χ0v) is 13.0. The van der Waals surface area contributed by atoms with E-state index in [2.05, 4.69) is 23.3 Å². The molecule has 0 saturated heterocycles. The second-order valence-corrected chi connectivity index (χ2v) is 5.74. The summed E-state index contributed by atoms with van der Waals surface area (Å²) in [6.45, 7) is 3.03. The third kappa shape index (κ3) is 4.78. The lowest BCUT2D eigenvalue weighted by Crippen LogP contribution is -2.26. The molecule has 1 unspecified atom stereocenters. The van der Waals surface area contributed by atoms with Crippen molar-refractivity contribution in [3.8, 4) is 0 Å². The minimum absolute atomic E-state index is 0.435. The minimum Gasteiger partial charge on any atom is -0.310 e. The van der Waals surface area contributed by atoms with Crippen LogP contribution >= 0.6 is 23.2 Å². The molecule has 0 fully saturated rings. The van der Waals surface area contributed by atoms with E-state index in [4.69, 9.17) is 23.2 Å². The molecule has 2 aromatic rings. The van der Waals surface area contributed by atoms with Gasteiger partial charge in [-0.2, -0.15) is 0 Å². The molecule has 0 bridgehead atoms. The fourth-order valence-electron chi connectivity index (χ4n) is 1.98. The van der Waals surface area contributed by atoms with Gasteiger partial charge in [-0.1, -0.05) is 35.3 Å². The van der Waals surface area contributed by atoms with Gasteiger partial charge in [-0.3, -0.25) is 4.98 Å². The molecule has 0 aliphatic rings. The second kappa shape index (κ2) is 7.63. The number of hydrogen-bond donors (Lipinski definition) is 1.